The van der Waals surface area contributed by atoms with Gasteiger partial charge in [-0.05, 0) is 37.8 Å². The van der Waals surface area contributed by atoms with Gasteiger partial charge < -0.3 is 14.0 Å². The maximum atomic E-state index is 13.1. The van der Waals surface area contributed by atoms with Crippen LogP contribution in [0.15, 0.2) is 29.3 Å². The predicted octanol–water partition coefficient (Wildman–Crippen LogP) is 2.63. The van der Waals surface area contributed by atoms with Crippen molar-refractivity contribution in [2.45, 2.75) is 44.6 Å². The summed E-state index contributed by atoms with van der Waals surface area (Å²) in [5.74, 6) is 2.44. The third-order valence-corrected chi connectivity index (χ3v) is 7.32. The quantitative estimate of drug-likeness (QED) is 0.739. The van der Waals surface area contributed by atoms with E-state index in [1.165, 1.54) is 0 Å². The molecule has 2 aromatic rings. The zero-order valence-corrected chi connectivity index (χ0v) is 17.2. The molecule has 152 valence electrons. The van der Waals surface area contributed by atoms with E-state index in [2.05, 4.69) is 23.4 Å². The molecule has 1 aromatic carbocycles. The second-order valence-electron chi connectivity index (χ2n) is 7.49. The van der Waals surface area contributed by atoms with E-state index in [-0.39, 0.29) is 10.8 Å². The lowest BCUT2D eigenvalue weighted by Crippen LogP contribution is -2.29. The molecule has 0 N–H and O–H groups in total. The standard InChI is InChI=1S/C20H27N3O4S/c1-3-7-23-15(2)13-21-20(23)11-16-6-8-22(14-16)28(24,25)17-4-5-18-19(12-17)27-10-9-26-18/h4-5,12-13,16H,3,6-11,14H2,1-2H3. The summed E-state index contributed by atoms with van der Waals surface area (Å²) >= 11 is 0. The average Bonchev–Trinajstić information content (AvgIpc) is 3.31. The monoisotopic (exact) mass is 405 g/mol. The first-order valence-electron chi connectivity index (χ1n) is 9.90. The summed E-state index contributed by atoms with van der Waals surface area (Å²) in [6.45, 7) is 7.16. The van der Waals surface area contributed by atoms with E-state index in [1.807, 2.05) is 6.20 Å². The van der Waals surface area contributed by atoms with Crippen LogP contribution in [-0.4, -0.2) is 48.6 Å². The van der Waals surface area contributed by atoms with Crippen LogP contribution < -0.4 is 9.47 Å². The molecule has 1 unspecified atom stereocenters. The topological polar surface area (TPSA) is 73.7 Å². The second-order valence-corrected chi connectivity index (χ2v) is 9.43. The van der Waals surface area contributed by atoms with Gasteiger partial charge >= 0.3 is 0 Å². The van der Waals surface area contributed by atoms with Crippen molar-refractivity contribution in [3.63, 3.8) is 0 Å². The minimum Gasteiger partial charge on any atom is -0.486 e. The number of benzene rings is 1. The molecule has 1 saturated heterocycles. The molecule has 2 aliphatic rings. The third kappa shape index (κ3) is 3.63. The van der Waals surface area contributed by atoms with E-state index in [0.29, 0.717) is 37.8 Å². The summed E-state index contributed by atoms with van der Waals surface area (Å²) in [5, 5.41) is 0. The van der Waals surface area contributed by atoms with Crippen molar-refractivity contribution in [2.75, 3.05) is 26.3 Å². The van der Waals surface area contributed by atoms with Gasteiger partial charge in [-0.1, -0.05) is 6.92 Å². The summed E-state index contributed by atoms with van der Waals surface area (Å²) in [5.41, 5.74) is 1.16. The Bertz CT molecular complexity index is 954. The minimum absolute atomic E-state index is 0.265. The molecule has 0 saturated carbocycles. The van der Waals surface area contributed by atoms with Crippen LogP contribution in [0, 0.1) is 12.8 Å². The lowest BCUT2D eigenvalue weighted by Gasteiger charge is -2.21. The Kier molecular flexibility index (Phi) is 5.33. The van der Waals surface area contributed by atoms with Crippen LogP contribution >= 0.6 is 0 Å². The van der Waals surface area contributed by atoms with Crippen LogP contribution in [0.3, 0.4) is 0 Å². The zero-order chi connectivity index (χ0) is 19.7. The van der Waals surface area contributed by atoms with Crippen molar-refractivity contribution >= 4 is 10.0 Å². The second kappa shape index (κ2) is 7.75. The molecular formula is C20H27N3O4S. The first-order chi connectivity index (χ1) is 13.5. The van der Waals surface area contributed by atoms with Gasteiger partial charge in [0.05, 0.1) is 4.90 Å². The Labute approximate surface area is 166 Å². The van der Waals surface area contributed by atoms with E-state index < -0.39 is 10.0 Å². The molecule has 1 atom stereocenters. The maximum absolute atomic E-state index is 13.1. The van der Waals surface area contributed by atoms with Gasteiger partial charge in [0, 0.05) is 44.0 Å². The Hall–Kier alpha value is -2.06. The van der Waals surface area contributed by atoms with Gasteiger partial charge in [-0.3, -0.25) is 0 Å². The smallest absolute Gasteiger partial charge is 0.243 e. The fourth-order valence-corrected chi connectivity index (χ4v) is 5.52. The number of nitrogens with zero attached hydrogens (tertiary/aromatic N) is 3. The van der Waals surface area contributed by atoms with E-state index in [9.17, 15) is 8.42 Å². The summed E-state index contributed by atoms with van der Waals surface area (Å²) in [7, 11) is -3.54. The van der Waals surface area contributed by atoms with Crippen molar-refractivity contribution in [1.82, 2.24) is 13.9 Å². The van der Waals surface area contributed by atoms with Crippen molar-refractivity contribution in [2.24, 2.45) is 5.92 Å². The number of hydrogen-bond donors (Lipinski definition) is 0. The Morgan fingerprint density at radius 1 is 1.21 bits per heavy atom. The van der Waals surface area contributed by atoms with E-state index in [1.54, 1.807) is 22.5 Å². The highest BCUT2D eigenvalue weighted by molar-refractivity contribution is 7.89. The predicted molar refractivity (Wildman–Crippen MR) is 105 cm³/mol. The number of aryl methyl sites for hydroxylation is 1. The Morgan fingerprint density at radius 3 is 2.79 bits per heavy atom. The van der Waals surface area contributed by atoms with Crippen molar-refractivity contribution in [3.05, 3.63) is 35.9 Å². The molecule has 1 aromatic heterocycles. The summed E-state index contributed by atoms with van der Waals surface area (Å²) < 4.78 is 41.1. The number of fused-ring (bicyclic) bond motifs is 1. The van der Waals surface area contributed by atoms with Gasteiger partial charge in [-0.2, -0.15) is 4.31 Å². The van der Waals surface area contributed by atoms with Crippen LogP contribution in [0.5, 0.6) is 11.5 Å². The lowest BCUT2D eigenvalue weighted by molar-refractivity contribution is 0.171. The van der Waals surface area contributed by atoms with Gasteiger partial charge in [0.25, 0.3) is 0 Å². The van der Waals surface area contributed by atoms with Crippen LogP contribution in [0.25, 0.3) is 0 Å². The van der Waals surface area contributed by atoms with Crippen LogP contribution in [0.1, 0.15) is 31.3 Å². The van der Waals surface area contributed by atoms with Gasteiger partial charge in [-0.25, -0.2) is 13.4 Å². The van der Waals surface area contributed by atoms with E-state index in [4.69, 9.17) is 9.47 Å². The number of sulfonamides is 1. The summed E-state index contributed by atoms with van der Waals surface area (Å²) in [6.07, 6.45) is 4.62. The van der Waals surface area contributed by atoms with Gasteiger partial charge in [0.15, 0.2) is 11.5 Å². The zero-order valence-electron chi connectivity index (χ0n) is 16.4. The molecule has 0 radical (unpaired) electrons. The molecule has 0 bridgehead atoms. The van der Waals surface area contributed by atoms with Gasteiger partial charge in [0.2, 0.25) is 10.0 Å². The van der Waals surface area contributed by atoms with Crippen molar-refractivity contribution in [3.8, 4) is 11.5 Å². The molecule has 1 fully saturated rings. The highest BCUT2D eigenvalue weighted by atomic mass is 32.2. The molecule has 2 aliphatic heterocycles. The van der Waals surface area contributed by atoms with Crippen molar-refractivity contribution < 1.29 is 17.9 Å². The Morgan fingerprint density at radius 2 is 2.00 bits per heavy atom. The first kappa shape index (κ1) is 19.3. The molecule has 0 amide bonds. The summed E-state index contributed by atoms with van der Waals surface area (Å²) in [6, 6.07) is 4.86. The number of aromatic nitrogens is 2. The fraction of sp³-hybridized carbons (Fsp3) is 0.550. The Balaban J connectivity index is 1.47. The van der Waals surface area contributed by atoms with Crippen LogP contribution in [0.2, 0.25) is 0 Å². The lowest BCUT2D eigenvalue weighted by atomic mass is 10.0. The molecule has 7 nitrogen and oxygen atoms in total. The highest BCUT2D eigenvalue weighted by Gasteiger charge is 2.34. The largest absolute Gasteiger partial charge is 0.486 e. The molecule has 28 heavy (non-hydrogen) atoms. The van der Waals surface area contributed by atoms with Gasteiger partial charge in [0.1, 0.15) is 19.0 Å². The van der Waals surface area contributed by atoms with E-state index >= 15 is 0 Å². The molecule has 0 spiro atoms. The molecule has 0 aliphatic carbocycles. The van der Waals surface area contributed by atoms with Crippen LogP contribution in [0.4, 0.5) is 0 Å². The average molecular weight is 406 g/mol. The van der Waals surface area contributed by atoms with Gasteiger partial charge in [-0.15, -0.1) is 0 Å². The number of rotatable bonds is 6. The number of hydrogen-bond acceptors (Lipinski definition) is 5. The normalized spacial score (nSPS) is 19.9. The molecule has 3 heterocycles. The molecular weight excluding hydrogens is 378 g/mol. The van der Waals surface area contributed by atoms with Crippen molar-refractivity contribution in [1.29, 1.82) is 0 Å². The summed E-state index contributed by atoms with van der Waals surface area (Å²) in [4.78, 5) is 4.82. The fourth-order valence-electron chi connectivity index (χ4n) is 3.98. The van der Waals surface area contributed by atoms with E-state index in [0.717, 1.165) is 37.3 Å². The minimum atomic E-state index is -3.54. The molecule has 8 heteroatoms. The number of ether oxygens (including phenoxy) is 2. The van der Waals surface area contributed by atoms with Crippen LogP contribution in [-0.2, 0) is 23.0 Å². The molecule has 4 rings (SSSR count). The highest BCUT2D eigenvalue weighted by Crippen LogP contribution is 2.34. The number of imidazole rings is 1. The maximum Gasteiger partial charge on any atom is 0.243 e. The SMILES string of the molecule is CCCn1c(C)cnc1CC1CCN(S(=O)(=O)c2ccc3c(c2)OCCO3)C1. The third-order valence-electron chi connectivity index (χ3n) is 5.46. The first-order valence-corrected chi connectivity index (χ1v) is 11.3.